The highest BCUT2D eigenvalue weighted by molar-refractivity contribution is 5.75. The molecule has 5 heteroatoms. The zero-order valence-corrected chi connectivity index (χ0v) is 12.1. The van der Waals surface area contributed by atoms with E-state index in [0.29, 0.717) is 12.3 Å². The Kier molecular flexibility index (Phi) is 3.90. The number of carbonyl (C=O) groups is 1. The van der Waals surface area contributed by atoms with Crippen molar-refractivity contribution in [1.29, 1.82) is 0 Å². The number of aryl methyl sites for hydroxylation is 1. The lowest BCUT2D eigenvalue weighted by Crippen LogP contribution is -2.39. The summed E-state index contributed by atoms with van der Waals surface area (Å²) in [5, 5.41) is 6.72. The summed E-state index contributed by atoms with van der Waals surface area (Å²) >= 11 is 0. The summed E-state index contributed by atoms with van der Waals surface area (Å²) in [7, 11) is 0. The highest BCUT2D eigenvalue weighted by Gasteiger charge is 2.29. The Balaban J connectivity index is 1.63. The van der Waals surface area contributed by atoms with Gasteiger partial charge >= 0.3 is 6.03 Å². The second kappa shape index (κ2) is 5.99. The molecule has 21 heavy (non-hydrogen) atoms. The predicted molar refractivity (Wildman–Crippen MR) is 78.6 cm³/mol. The number of nitrogens with one attached hydrogen (secondary N) is 1. The normalized spacial score (nSPS) is 18.0. The number of hydrogen-bond acceptors (Lipinski definition) is 3. The fraction of sp³-hybridized carbons (Fsp3) is 0.375. The zero-order valence-electron chi connectivity index (χ0n) is 12.1. The highest BCUT2D eigenvalue weighted by atomic mass is 16.5. The van der Waals surface area contributed by atoms with Crippen LogP contribution < -0.4 is 5.32 Å². The Morgan fingerprint density at radius 3 is 2.95 bits per heavy atom. The number of likely N-dealkylation sites (tertiary alicyclic amines) is 1. The Hall–Kier alpha value is -2.30. The minimum absolute atomic E-state index is 0.0459. The molecular weight excluding hydrogens is 266 g/mol. The molecule has 1 saturated heterocycles. The van der Waals surface area contributed by atoms with Crippen LogP contribution >= 0.6 is 0 Å². The van der Waals surface area contributed by atoms with Gasteiger partial charge in [-0.25, -0.2) is 4.79 Å². The smallest absolute Gasteiger partial charge is 0.318 e. The SMILES string of the molecule is Cc1cc(CNC(=O)N2CCCC2c2ccccc2)on1. The number of nitrogens with zero attached hydrogens (tertiary/aromatic N) is 2. The van der Waals surface area contributed by atoms with E-state index in [9.17, 15) is 4.79 Å². The van der Waals surface area contributed by atoms with Gasteiger partial charge in [-0.05, 0) is 25.3 Å². The maximum atomic E-state index is 12.4. The number of hydrogen-bond donors (Lipinski definition) is 1. The minimum atomic E-state index is -0.0459. The summed E-state index contributed by atoms with van der Waals surface area (Å²) < 4.78 is 5.11. The predicted octanol–water partition coefficient (Wildman–Crippen LogP) is 3.03. The van der Waals surface area contributed by atoms with Crippen LogP contribution in [0.3, 0.4) is 0 Å². The Labute approximate surface area is 123 Å². The first kappa shape index (κ1) is 13.7. The van der Waals surface area contributed by atoms with E-state index in [-0.39, 0.29) is 12.1 Å². The topological polar surface area (TPSA) is 58.4 Å². The van der Waals surface area contributed by atoms with Crippen molar-refractivity contribution in [3.63, 3.8) is 0 Å². The lowest BCUT2D eigenvalue weighted by molar-refractivity contribution is 0.191. The zero-order chi connectivity index (χ0) is 14.7. The number of benzene rings is 1. The van der Waals surface area contributed by atoms with Gasteiger partial charge in [0.2, 0.25) is 0 Å². The Morgan fingerprint density at radius 1 is 1.43 bits per heavy atom. The standard InChI is InChI=1S/C16H19N3O2/c1-12-10-14(21-18-12)11-17-16(20)19-9-5-8-15(19)13-6-3-2-4-7-13/h2-4,6-7,10,15H,5,8-9,11H2,1H3,(H,17,20). The molecule has 1 aliphatic rings. The first-order valence-corrected chi connectivity index (χ1v) is 7.25. The second-order valence-electron chi connectivity index (χ2n) is 5.36. The van der Waals surface area contributed by atoms with Gasteiger partial charge in [0.25, 0.3) is 0 Å². The molecule has 1 aliphatic heterocycles. The number of rotatable bonds is 3. The quantitative estimate of drug-likeness (QED) is 0.943. The van der Waals surface area contributed by atoms with Gasteiger partial charge in [0.1, 0.15) is 0 Å². The molecule has 1 unspecified atom stereocenters. The molecule has 1 aromatic carbocycles. The fourth-order valence-electron chi connectivity index (χ4n) is 2.80. The van der Waals surface area contributed by atoms with Crippen LogP contribution in [0.1, 0.15) is 35.9 Å². The van der Waals surface area contributed by atoms with E-state index in [1.807, 2.05) is 36.1 Å². The molecule has 1 N–H and O–H groups in total. The number of amides is 2. The van der Waals surface area contributed by atoms with Crippen molar-refractivity contribution in [3.05, 3.63) is 53.4 Å². The van der Waals surface area contributed by atoms with E-state index < -0.39 is 0 Å². The molecule has 2 amide bonds. The fourth-order valence-corrected chi connectivity index (χ4v) is 2.80. The first-order chi connectivity index (χ1) is 10.2. The van der Waals surface area contributed by atoms with Gasteiger partial charge in [-0.3, -0.25) is 0 Å². The number of urea groups is 1. The third-order valence-corrected chi connectivity index (χ3v) is 3.79. The van der Waals surface area contributed by atoms with Gasteiger partial charge in [-0.15, -0.1) is 0 Å². The van der Waals surface area contributed by atoms with E-state index in [4.69, 9.17) is 4.52 Å². The van der Waals surface area contributed by atoms with E-state index in [0.717, 1.165) is 25.1 Å². The monoisotopic (exact) mass is 285 g/mol. The molecular formula is C16H19N3O2. The highest BCUT2D eigenvalue weighted by Crippen LogP contribution is 2.31. The maximum Gasteiger partial charge on any atom is 0.318 e. The average Bonchev–Trinajstić information content (AvgIpc) is 3.14. The minimum Gasteiger partial charge on any atom is -0.359 e. The third kappa shape index (κ3) is 3.07. The van der Waals surface area contributed by atoms with E-state index in [1.54, 1.807) is 0 Å². The summed E-state index contributed by atoms with van der Waals surface area (Å²) in [6.45, 7) is 3.03. The first-order valence-electron chi connectivity index (χ1n) is 7.25. The lowest BCUT2D eigenvalue weighted by Gasteiger charge is -2.25. The molecule has 3 rings (SSSR count). The van der Waals surface area contributed by atoms with Crippen LogP contribution in [0.5, 0.6) is 0 Å². The molecule has 0 aliphatic carbocycles. The van der Waals surface area contributed by atoms with Gasteiger partial charge in [0.05, 0.1) is 18.3 Å². The molecule has 0 radical (unpaired) electrons. The van der Waals surface area contributed by atoms with E-state index >= 15 is 0 Å². The lowest BCUT2D eigenvalue weighted by atomic mass is 10.1. The van der Waals surface area contributed by atoms with Crippen LogP contribution in [0.15, 0.2) is 40.9 Å². The second-order valence-corrected chi connectivity index (χ2v) is 5.36. The van der Waals surface area contributed by atoms with Gasteiger partial charge < -0.3 is 14.7 Å². The van der Waals surface area contributed by atoms with Crippen LogP contribution in [0.4, 0.5) is 4.79 Å². The molecule has 5 nitrogen and oxygen atoms in total. The van der Waals surface area contributed by atoms with Crippen molar-refractivity contribution in [1.82, 2.24) is 15.4 Å². The summed E-state index contributed by atoms with van der Waals surface area (Å²) in [5.74, 6) is 0.677. The van der Waals surface area contributed by atoms with Crippen molar-refractivity contribution in [2.75, 3.05) is 6.54 Å². The van der Waals surface area contributed by atoms with Gasteiger partial charge in [-0.1, -0.05) is 35.5 Å². The van der Waals surface area contributed by atoms with E-state index in [2.05, 4.69) is 22.6 Å². The number of aromatic nitrogens is 1. The van der Waals surface area contributed by atoms with E-state index in [1.165, 1.54) is 5.56 Å². The molecule has 2 aromatic rings. The Morgan fingerprint density at radius 2 is 2.24 bits per heavy atom. The largest absolute Gasteiger partial charge is 0.359 e. The van der Waals surface area contributed by atoms with Crippen molar-refractivity contribution in [2.24, 2.45) is 0 Å². The summed E-state index contributed by atoms with van der Waals surface area (Å²) in [5.41, 5.74) is 2.02. The van der Waals surface area contributed by atoms with Crippen LogP contribution in [-0.4, -0.2) is 22.6 Å². The van der Waals surface area contributed by atoms with Gasteiger partial charge in [0, 0.05) is 12.6 Å². The van der Waals surface area contributed by atoms with Gasteiger partial charge in [0.15, 0.2) is 5.76 Å². The third-order valence-electron chi connectivity index (χ3n) is 3.79. The summed E-state index contributed by atoms with van der Waals surface area (Å²) in [6, 6.07) is 12.1. The van der Waals surface area contributed by atoms with Crippen LogP contribution in [0, 0.1) is 6.92 Å². The molecule has 0 bridgehead atoms. The summed E-state index contributed by atoms with van der Waals surface area (Å²) in [6.07, 6.45) is 2.05. The average molecular weight is 285 g/mol. The van der Waals surface area contributed by atoms with Crippen molar-refractivity contribution < 1.29 is 9.32 Å². The van der Waals surface area contributed by atoms with Crippen molar-refractivity contribution in [2.45, 2.75) is 32.4 Å². The van der Waals surface area contributed by atoms with Crippen LogP contribution in [0.2, 0.25) is 0 Å². The summed E-state index contributed by atoms with van der Waals surface area (Å²) in [4.78, 5) is 14.3. The molecule has 1 atom stereocenters. The van der Waals surface area contributed by atoms with Crippen LogP contribution in [0.25, 0.3) is 0 Å². The maximum absolute atomic E-state index is 12.4. The molecule has 1 aromatic heterocycles. The molecule has 0 saturated carbocycles. The van der Waals surface area contributed by atoms with Crippen molar-refractivity contribution in [3.8, 4) is 0 Å². The van der Waals surface area contributed by atoms with Crippen LogP contribution in [-0.2, 0) is 6.54 Å². The number of carbonyl (C=O) groups excluding carboxylic acids is 1. The molecule has 110 valence electrons. The molecule has 2 heterocycles. The van der Waals surface area contributed by atoms with Gasteiger partial charge in [-0.2, -0.15) is 0 Å². The molecule has 0 spiro atoms. The van der Waals surface area contributed by atoms with Crippen molar-refractivity contribution >= 4 is 6.03 Å². The molecule has 1 fully saturated rings. The Bertz CT molecular complexity index is 609.